The molecule has 0 saturated heterocycles. The lowest BCUT2D eigenvalue weighted by Gasteiger charge is -2.18. The normalized spacial score (nSPS) is 24.9. The summed E-state index contributed by atoms with van der Waals surface area (Å²) < 4.78 is 36.9. The quantitative estimate of drug-likeness (QED) is 0.841. The van der Waals surface area contributed by atoms with Gasteiger partial charge in [-0.2, -0.15) is 13.2 Å². The highest BCUT2D eigenvalue weighted by Gasteiger charge is 2.31. The van der Waals surface area contributed by atoms with Crippen molar-refractivity contribution in [2.45, 2.75) is 37.5 Å². The van der Waals surface area contributed by atoms with Crippen LogP contribution in [0.25, 0.3) is 0 Å². The van der Waals surface area contributed by atoms with Gasteiger partial charge in [0.2, 0.25) is 0 Å². The first-order chi connectivity index (χ1) is 7.97. The van der Waals surface area contributed by atoms with Crippen molar-refractivity contribution in [1.29, 1.82) is 0 Å². The van der Waals surface area contributed by atoms with Gasteiger partial charge >= 0.3 is 6.18 Å². The smallest absolute Gasteiger partial charge is 0.366 e. The molecule has 94 valence electrons. The number of anilines is 1. The van der Waals surface area contributed by atoms with Gasteiger partial charge in [-0.15, -0.1) is 0 Å². The van der Waals surface area contributed by atoms with Gasteiger partial charge in [-0.3, -0.25) is 0 Å². The van der Waals surface area contributed by atoms with E-state index in [0.29, 0.717) is 5.82 Å². The molecule has 6 heteroatoms. The number of hydrogen-bond acceptors (Lipinski definition) is 3. The number of rotatable bonds is 2. The van der Waals surface area contributed by atoms with Crippen molar-refractivity contribution in [3.63, 3.8) is 0 Å². The maximum atomic E-state index is 12.3. The molecule has 2 rings (SSSR count). The molecule has 1 aromatic rings. The van der Waals surface area contributed by atoms with Crippen LogP contribution in [0, 0.1) is 0 Å². The lowest BCUT2D eigenvalue weighted by Crippen LogP contribution is -2.35. The summed E-state index contributed by atoms with van der Waals surface area (Å²) in [5.74, 6) is 0.445. The van der Waals surface area contributed by atoms with Crippen LogP contribution in [-0.2, 0) is 6.18 Å². The summed E-state index contributed by atoms with van der Waals surface area (Å²) in [4.78, 5) is 3.76. The van der Waals surface area contributed by atoms with Crippen LogP contribution in [-0.4, -0.2) is 17.1 Å². The van der Waals surface area contributed by atoms with Crippen molar-refractivity contribution >= 4 is 5.82 Å². The maximum absolute atomic E-state index is 12.3. The Kier molecular flexibility index (Phi) is 3.24. The van der Waals surface area contributed by atoms with Crippen molar-refractivity contribution in [3.8, 4) is 0 Å². The van der Waals surface area contributed by atoms with E-state index in [-0.39, 0.29) is 12.1 Å². The SMILES string of the molecule is N[C@H]1CCCC1Nc1ccc(C(F)(F)F)cn1. The minimum absolute atomic E-state index is 0.0547. The Morgan fingerprint density at radius 1 is 1.29 bits per heavy atom. The number of nitrogens with two attached hydrogens (primary N) is 1. The molecular weight excluding hydrogens is 231 g/mol. The van der Waals surface area contributed by atoms with Gasteiger partial charge in [0.25, 0.3) is 0 Å². The number of pyridine rings is 1. The van der Waals surface area contributed by atoms with Crippen LogP contribution in [0.4, 0.5) is 19.0 Å². The van der Waals surface area contributed by atoms with E-state index >= 15 is 0 Å². The molecule has 1 unspecified atom stereocenters. The second-order valence-electron chi connectivity index (χ2n) is 4.28. The Balaban J connectivity index is 2.03. The molecule has 17 heavy (non-hydrogen) atoms. The standard InChI is InChI=1S/C11H14F3N3/c12-11(13,14)7-4-5-10(16-6-7)17-9-3-1-2-8(9)15/h4-6,8-9H,1-3,15H2,(H,16,17)/t8-,9?/m0/s1. The van der Waals surface area contributed by atoms with Crippen LogP contribution in [0.15, 0.2) is 18.3 Å². The predicted octanol–water partition coefficient (Wildman–Crippen LogP) is 2.39. The van der Waals surface area contributed by atoms with Crippen LogP contribution in [0.5, 0.6) is 0 Å². The van der Waals surface area contributed by atoms with Crippen LogP contribution < -0.4 is 11.1 Å². The highest BCUT2D eigenvalue weighted by molar-refractivity contribution is 5.38. The van der Waals surface area contributed by atoms with Crippen molar-refractivity contribution in [3.05, 3.63) is 23.9 Å². The minimum atomic E-state index is -4.34. The molecule has 0 radical (unpaired) electrons. The Labute approximate surface area is 97.2 Å². The minimum Gasteiger partial charge on any atom is -0.366 e. The topological polar surface area (TPSA) is 50.9 Å². The van der Waals surface area contributed by atoms with Gasteiger partial charge in [0, 0.05) is 18.3 Å². The highest BCUT2D eigenvalue weighted by atomic mass is 19.4. The fourth-order valence-electron chi connectivity index (χ4n) is 2.00. The number of alkyl halides is 3. The third kappa shape index (κ3) is 2.88. The van der Waals surface area contributed by atoms with Crippen molar-refractivity contribution in [2.24, 2.45) is 5.73 Å². The molecule has 1 aliphatic rings. The van der Waals surface area contributed by atoms with E-state index in [9.17, 15) is 13.2 Å². The van der Waals surface area contributed by atoms with Crippen LogP contribution in [0.3, 0.4) is 0 Å². The second kappa shape index (κ2) is 4.52. The molecule has 0 aliphatic heterocycles. The fraction of sp³-hybridized carbons (Fsp3) is 0.545. The van der Waals surface area contributed by atoms with Crippen molar-refractivity contribution in [1.82, 2.24) is 4.98 Å². The van der Waals surface area contributed by atoms with Crippen LogP contribution in [0.1, 0.15) is 24.8 Å². The van der Waals surface area contributed by atoms with E-state index < -0.39 is 11.7 Å². The molecule has 1 heterocycles. The van der Waals surface area contributed by atoms with Gasteiger partial charge < -0.3 is 11.1 Å². The lowest BCUT2D eigenvalue weighted by atomic mass is 10.2. The van der Waals surface area contributed by atoms with Crippen molar-refractivity contribution in [2.75, 3.05) is 5.32 Å². The Morgan fingerprint density at radius 3 is 2.53 bits per heavy atom. The monoisotopic (exact) mass is 245 g/mol. The molecule has 0 bridgehead atoms. The lowest BCUT2D eigenvalue weighted by molar-refractivity contribution is -0.137. The summed E-state index contributed by atoms with van der Waals surface area (Å²) in [6.07, 6.45) is -0.584. The molecule has 3 N–H and O–H groups in total. The third-order valence-electron chi connectivity index (χ3n) is 2.99. The van der Waals surface area contributed by atoms with Crippen LogP contribution >= 0.6 is 0 Å². The van der Waals surface area contributed by atoms with E-state index in [2.05, 4.69) is 10.3 Å². The molecule has 1 fully saturated rings. The number of halogens is 3. The van der Waals surface area contributed by atoms with Gasteiger partial charge in [-0.1, -0.05) is 0 Å². The zero-order chi connectivity index (χ0) is 12.5. The highest BCUT2D eigenvalue weighted by Crippen LogP contribution is 2.29. The zero-order valence-electron chi connectivity index (χ0n) is 9.17. The van der Waals surface area contributed by atoms with Gasteiger partial charge in [-0.05, 0) is 31.4 Å². The van der Waals surface area contributed by atoms with E-state index in [4.69, 9.17) is 5.73 Å². The first kappa shape index (κ1) is 12.2. The average molecular weight is 245 g/mol. The number of nitrogens with one attached hydrogen (secondary N) is 1. The number of aromatic nitrogens is 1. The fourth-order valence-corrected chi connectivity index (χ4v) is 2.00. The summed E-state index contributed by atoms with van der Waals surface area (Å²) in [5.41, 5.74) is 5.12. The summed E-state index contributed by atoms with van der Waals surface area (Å²) >= 11 is 0. The van der Waals surface area contributed by atoms with E-state index in [1.165, 1.54) is 6.07 Å². The molecular formula is C11H14F3N3. The average Bonchev–Trinajstić information content (AvgIpc) is 2.64. The molecule has 0 amide bonds. The van der Waals surface area contributed by atoms with Gasteiger partial charge in [0.15, 0.2) is 0 Å². The molecule has 1 aromatic heterocycles. The first-order valence-electron chi connectivity index (χ1n) is 5.52. The second-order valence-corrected chi connectivity index (χ2v) is 4.28. The third-order valence-corrected chi connectivity index (χ3v) is 2.99. The van der Waals surface area contributed by atoms with Gasteiger partial charge in [-0.25, -0.2) is 4.98 Å². The molecule has 0 spiro atoms. The summed E-state index contributed by atoms with van der Waals surface area (Å²) in [6, 6.07) is 2.53. The van der Waals surface area contributed by atoms with Gasteiger partial charge in [0.1, 0.15) is 5.82 Å². The van der Waals surface area contributed by atoms with E-state index in [0.717, 1.165) is 31.5 Å². The molecule has 0 aromatic carbocycles. The van der Waals surface area contributed by atoms with E-state index in [1.807, 2.05) is 0 Å². The molecule has 1 saturated carbocycles. The number of hydrogen-bond donors (Lipinski definition) is 2. The Hall–Kier alpha value is -1.30. The Morgan fingerprint density at radius 2 is 2.06 bits per heavy atom. The zero-order valence-corrected chi connectivity index (χ0v) is 9.17. The summed E-state index contributed by atoms with van der Waals surface area (Å²) in [7, 11) is 0. The summed E-state index contributed by atoms with van der Waals surface area (Å²) in [6.45, 7) is 0. The number of nitrogens with zero attached hydrogens (tertiary/aromatic N) is 1. The predicted molar refractivity (Wildman–Crippen MR) is 58.5 cm³/mol. The van der Waals surface area contributed by atoms with Crippen molar-refractivity contribution < 1.29 is 13.2 Å². The van der Waals surface area contributed by atoms with Crippen LogP contribution in [0.2, 0.25) is 0 Å². The molecule has 3 nitrogen and oxygen atoms in total. The maximum Gasteiger partial charge on any atom is 0.417 e. The van der Waals surface area contributed by atoms with E-state index in [1.54, 1.807) is 0 Å². The van der Waals surface area contributed by atoms with Gasteiger partial charge in [0.05, 0.1) is 5.56 Å². The Bertz CT molecular complexity index is 375. The molecule has 1 aliphatic carbocycles. The molecule has 2 atom stereocenters. The largest absolute Gasteiger partial charge is 0.417 e. The first-order valence-corrected chi connectivity index (χ1v) is 5.52. The summed E-state index contributed by atoms with van der Waals surface area (Å²) in [5, 5.41) is 3.07.